The van der Waals surface area contributed by atoms with Crippen LogP contribution in [0.4, 0.5) is 0 Å². The van der Waals surface area contributed by atoms with Gasteiger partial charge in [-0.25, -0.2) is 0 Å². The summed E-state index contributed by atoms with van der Waals surface area (Å²) in [5.41, 5.74) is 3.06. The van der Waals surface area contributed by atoms with Crippen LogP contribution in [0.25, 0.3) is 0 Å². The summed E-state index contributed by atoms with van der Waals surface area (Å²) >= 11 is 3.73. The summed E-state index contributed by atoms with van der Waals surface area (Å²) in [7, 11) is 1.65. The number of aryl methyl sites for hydroxylation is 1. The van der Waals surface area contributed by atoms with E-state index in [0.717, 1.165) is 25.0 Å². The number of aliphatic hydroxyl groups is 1. The van der Waals surface area contributed by atoms with Crippen LogP contribution in [-0.2, 0) is 11.2 Å². The molecule has 0 amide bonds. The molecule has 24 heavy (non-hydrogen) atoms. The number of aliphatic hydroxyl groups excluding tert-OH is 1. The van der Waals surface area contributed by atoms with Crippen LogP contribution in [0.2, 0.25) is 0 Å². The van der Waals surface area contributed by atoms with Crippen molar-refractivity contribution in [3.8, 4) is 5.75 Å². The molecule has 2 fully saturated rings. The van der Waals surface area contributed by atoms with E-state index in [1.165, 1.54) is 24.0 Å². The molecule has 0 aromatic heterocycles. The summed E-state index contributed by atoms with van der Waals surface area (Å²) in [5, 5.41) is 10.7. The Kier molecular flexibility index (Phi) is 4.42. The lowest BCUT2D eigenvalue weighted by molar-refractivity contribution is -0.0213. The van der Waals surface area contributed by atoms with Gasteiger partial charge in [-0.05, 0) is 78.5 Å². The van der Waals surface area contributed by atoms with Crippen LogP contribution in [0.1, 0.15) is 49.7 Å². The van der Waals surface area contributed by atoms with Crippen molar-refractivity contribution in [2.45, 2.75) is 55.9 Å². The SMILES string of the molecule is COCOc1ccc2c(c1)CC[C@@H]1[C@@H]2CC[C@]2(C)[C@H](O)[C@@H](Br)C[C@@H]12. The number of alkyl halides is 1. The van der Waals surface area contributed by atoms with Gasteiger partial charge in [0.15, 0.2) is 6.79 Å². The molecule has 0 radical (unpaired) electrons. The number of hydrogen-bond acceptors (Lipinski definition) is 3. The van der Waals surface area contributed by atoms with Crippen molar-refractivity contribution >= 4 is 15.9 Å². The topological polar surface area (TPSA) is 38.7 Å². The van der Waals surface area contributed by atoms with Gasteiger partial charge in [0.25, 0.3) is 0 Å². The average Bonchev–Trinajstić information content (AvgIpc) is 2.83. The van der Waals surface area contributed by atoms with Crippen LogP contribution in [-0.4, -0.2) is 29.9 Å². The monoisotopic (exact) mass is 394 g/mol. The lowest BCUT2D eigenvalue weighted by Gasteiger charge is -2.50. The Balaban J connectivity index is 1.60. The van der Waals surface area contributed by atoms with Gasteiger partial charge in [-0.15, -0.1) is 0 Å². The standard InChI is InChI=1S/C20H27BrO3/c1-20-8-7-15-14-6-4-13(24-11-23-2)9-12(14)3-5-16(15)17(20)10-18(21)19(20)22/h4,6,9,15-19,22H,3,5,7-8,10-11H2,1-2H3/t15-,16-,17+,18+,19-,20+/m1/s1. The fourth-order valence-corrected chi connectivity index (χ4v) is 6.73. The van der Waals surface area contributed by atoms with E-state index in [4.69, 9.17) is 9.47 Å². The van der Waals surface area contributed by atoms with E-state index in [2.05, 4.69) is 41.1 Å². The Morgan fingerprint density at radius 3 is 2.96 bits per heavy atom. The van der Waals surface area contributed by atoms with Crippen LogP contribution in [0.5, 0.6) is 5.75 Å². The fraction of sp³-hybridized carbons (Fsp3) is 0.700. The van der Waals surface area contributed by atoms with Gasteiger partial charge in [0.1, 0.15) is 5.75 Å². The summed E-state index contributed by atoms with van der Waals surface area (Å²) in [5.74, 6) is 2.90. The minimum absolute atomic E-state index is 0.0916. The summed E-state index contributed by atoms with van der Waals surface area (Å²) in [6, 6.07) is 6.57. The van der Waals surface area contributed by atoms with Crippen LogP contribution < -0.4 is 4.74 Å². The quantitative estimate of drug-likeness (QED) is 0.614. The molecule has 0 heterocycles. The van der Waals surface area contributed by atoms with Crippen molar-refractivity contribution in [2.75, 3.05) is 13.9 Å². The van der Waals surface area contributed by atoms with Gasteiger partial charge in [0, 0.05) is 11.9 Å². The molecule has 4 heteroatoms. The number of methoxy groups -OCH3 is 1. The molecule has 0 bridgehead atoms. The fourth-order valence-electron chi connectivity index (χ4n) is 5.72. The van der Waals surface area contributed by atoms with Gasteiger partial charge >= 0.3 is 0 Å². The first-order valence-electron chi connectivity index (χ1n) is 9.11. The molecule has 3 aliphatic rings. The molecule has 3 nitrogen and oxygen atoms in total. The molecule has 0 aliphatic heterocycles. The maximum Gasteiger partial charge on any atom is 0.188 e. The molecule has 2 saturated carbocycles. The molecule has 1 aromatic carbocycles. The van der Waals surface area contributed by atoms with E-state index in [0.29, 0.717) is 24.5 Å². The molecule has 1 aromatic rings. The van der Waals surface area contributed by atoms with Crippen molar-refractivity contribution in [1.29, 1.82) is 0 Å². The third-order valence-electron chi connectivity index (χ3n) is 6.98. The largest absolute Gasteiger partial charge is 0.468 e. The van der Waals surface area contributed by atoms with Crippen LogP contribution in [0.3, 0.4) is 0 Å². The smallest absolute Gasteiger partial charge is 0.188 e. The highest BCUT2D eigenvalue weighted by molar-refractivity contribution is 9.09. The van der Waals surface area contributed by atoms with Gasteiger partial charge in [-0.2, -0.15) is 0 Å². The lowest BCUT2D eigenvalue weighted by Crippen LogP contribution is -2.44. The molecular weight excluding hydrogens is 368 g/mol. The number of rotatable bonds is 3. The zero-order chi connectivity index (χ0) is 16.9. The van der Waals surface area contributed by atoms with E-state index in [9.17, 15) is 5.11 Å². The third kappa shape index (κ3) is 2.53. The van der Waals surface area contributed by atoms with Crippen LogP contribution >= 0.6 is 15.9 Å². The van der Waals surface area contributed by atoms with E-state index in [1.54, 1.807) is 7.11 Å². The van der Waals surface area contributed by atoms with Gasteiger partial charge in [-0.1, -0.05) is 28.9 Å². The third-order valence-corrected chi connectivity index (χ3v) is 7.85. The molecule has 3 aliphatic carbocycles. The Bertz CT molecular complexity index is 619. The van der Waals surface area contributed by atoms with E-state index in [-0.39, 0.29) is 16.3 Å². The highest BCUT2D eigenvalue weighted by atomic mass is 79.9. The summed E-state index contributed by atoms with van der Waals surface area (Å²) < 4.78 is 10.6. The molecule has 1 N–H and O–H groups in total. The van der Waals surface area contributed by atoms with Gasteiger partial charge in [0.05, 0.1) is 6.10 Å². The van der Waals surface area contributed by atoms with Crippen molar-refractivity contribution in [2.24, 2.45) is 17.3 Å². The molecule has 0 saturated heterocycles. The van der Waals surface area contributed by atoms with Crippen LogP contribution in [0, 0.1) is 17.3 Å². The number of ether oxygens (including phenoxy) is 2. The number of hydrogen-bond donors (Lipinski definition) is 1. The Morgan fingerprint density at radius 1 is 1.33 bits per heavy atom. The second-order valence-corrected chi connectivity index (χ2v) is 9.24. The Morgan fingerprint density at radius 2 is 2.17 bits per heavy atom. The zero-order valence-corrected chi connectivity index (χ0v) is 16.1. The van der Waals surface area contributed by atoms with Crippen molar-refractivity contribution in [3.63, 3.8) is 0 Å². The molecule has 0 unspecified atom stereocenters. The molecule has 132 valence electrons. The van der Waals surface area contributed by atoms with Gasteiger partial charge < -0.3 is 14.6 Å². The number of halogens is 1. The number of fused-ring (bicyclic) bond motifs is 5. The predicted molar refractivity (Wildman–Crippen MR) is 97.7 cm³/mol. The maximum atomic E-state index is 10.7. The predicted octanol–water partition coefficient (Wildman–Crippen LogP) is 4.26. The summed E-state index contributed by atoms with van der Waals surface area (Å²) in [6.45, 7) is 2.62. The second kappa shape index (κ2) is 6.30. The summed E-state index contributed by atoms with van der Waals surface area (Å²) in [4.78, 5) is 0.262. The highest BCUT2D eigenvalue weighted by Gasteiger charge is 2.57. The van der Waals surface area contributed by atoms with Crippen molar-refractivity contribution < 1.29 is 14.6 Å². The molecule has 0 spiro atoms. The normalized spacial score (nSPS) is 40.6. The first-order chi connectivity index (χ1) is 11.5. The summed E-state index contributed by atoms with van der Waals surface area (Å²) in [6.07, 6.45) is 5.59. The average molecular weight is 395 g/mol. The minimum Gasteiger partial charge on any atom is -0.468 e. The van der Waals surface area contributed by atoms with Crippen LogP contribution in [0.15, 0.2) is 18.2 Å². The highest BCUT2D eigenvalue weighted by Crippen LogP contribution is 2.61. The van der Waals surface area contributed by atoms with Gasteiger partial charge in [0.2, 0.25) is 0 Å². The van der Waals surface area contributed by atoms with Gasteiger partial charge in [-0.3, -0.25) is 0 Å². The van der Waals surface area contributed by atoms with Crippen molar-refractivity contribution in [1.82, 2.24) is 0 Å². The maximum absolute atomic E-state index is 10.7. The Labute approximate surface area is 152 Å². The second-order valence-electron chi connectivity index (χ2n) is 8.07. The van der Waals surface area contributed by atoms with Crippen molar-refractivity contribution in [3.05, 3.63) is 29.3 Å². The van der Waals surface area contributed by atoms with E-state index in [1.807, 2.05) is 0 Å². The van der Waals surface area contributed by atoms with E-state index >= 15 is 0 Å². The lowest BCUT2D eigenvalue weighted by atomic mass is 9.55. The minimum atomic E-state index is -0.199. The Hall–Kier alpha value is -0.580. The molecule has 6 atom stereocenters. The first kappa shape index (κ1) is 16.9. The first-order valence-corrected chi connectivity index (χ1v) is 10.0. The zero-order valence-electron chi connectivity index (χ0n) is 14.5. The molecular formula is C20H27BrO3. The van der Waals surface area contributed by atoms with E-state index < -0.39 is 0 Å². The molecule has 4 rings (SSSR count). The number of benzene rings is 1.